The van der Waals surface area contributed by atoms with E-state index < -0.39 is 0 Å². The summed E-state index contributed by atoms with van der Waals surface area (Å²) in [4.78, 5) is 8.89. The Morgan fingerprint density at radius 2 is 1.70 bits per heavy atom. The molecule has 4 rings (SSSR count). The molecular formula is C18H15N7O2. The molecule has 2 aromatic heterocycles. The molecule has 0 bridgehead atoms. The van der Waals surface area contributed by atoms with Crippen molar-refractivity contribution in [2.75, 3.05) is 5.32 Å². The fraction of sp³-hybridized carbons (Fsp3) is 0.0556. The van der Waals surface area contributed by atoms with Crippen molar-refractivity contribution in [2.24, 2.45) is 10.9 Å². The van der Waals surface area contributed by atoms with Gasteiger partial charge in [0, 0.05) is 12.1 Å². The van der Waals surface area contributed by atoms with E-state index in [0.29, 0.717) is 29.3 Å². The van der Waals surface area contributed by atoms with Crippen molar-refractivity contribution in [3.8, 4) is 5.75 Å². The fourth-order valence-electron chi connectivity index (χ4n) is 2.60. The van der Waals surface area contributed by atoms with Crippen molar-refractivity contribution >= 4 is 22.8 Å². The van der Waals surface area contributed by atoms with Crippen molar-refractivity contribution in [3.05, 3.63) is 71.4 Å². The summed E-state index contributed by atoms with van der Waals surface area (Å²) in [5.74, 6) is 6.22. The van der Waals surface area contributed by atoms with Gasteiger partial charge in [-0.2, -0.15) is 5.10 Å². The summed E-state index contributed by atoms with van der Waals surface area (Å²) < 4.78 is 4.72. The van der Waals surface area contributed by atoms with E-state index in [9.17, 15) is 5.11 Å². The maximum absolute atomic E-state index is 9.52. The number of hydrogen-bond donors (Lipinski definition) is 3. The molecule has 2 heterocycles. The molecule has 134 valence electrons. The third-order valence-electron chi connectivity index (χ3n) is 3.91. The van der Waals surface area contributed by atoms with Crippen molar-refractivity contribution < 1.29 is 9.74 Å². The molecule has 0 unspecified atom stereocenters. The van der Waals surface area contributed by atoms with E-state index in [0.717, 1.165) is 5.56 Å². The number of nitrogens with one attached hydrogen (secondary N) is 1. The number of anilines is 1. The Kier molecular flexibility index (Phi) is 4.32. The first-order valence-electron chi connectivity index (χ1n) is 8.10. The maximum Gasteiger partial charge on any atom is 0.245 e. The summed E-state index contributed by atoms with van der Waals surface area (Å²) >= 11 is 0. The van der Waals surface area contributed by atoms with E-state index in [-0.39, 0.29) is 17.0 Å². The first-order valence-corrected chi connectivity index (χ1v) is 8.10. The highest BCUT2D eigenvalue weighted by molar-refractivity contribution is 6.14. The first kappa shape index (κ1) is 16.5. The first-order chi connectivity index (χ1) is 13.2. The molecule has 2 aromatic carbocycles. The van der Waals surface area contributed by atoms with Crippen LogP contribution in [0.2, 0.25) is 0 Å². The second-order valence-corrected chi connectivity index (χ2v) is 5.70. The van der Waals surface area contributed by atoms with Gasteiger partial charge < -0.3 is 16.3 Å². The third kappa shape index (κ3) is 3.38. The monoisotopic (exact) mass is 361 g/mol. The van der Waals surface area contributed by atoms with E-state index in [4.69, 9.17) is 10.5 Å². The quantitative estimate of drug-likeness (QED) is 0.279. The van der Waals surface area contributed by atoms with Gasteiger partial charge in [-0.15, -0.1) is 0 Å². The summed E-state index contributed by atoms with van der Waals surface area (Å²) in [6, 6.07) is 16.3. The number of phenolic OH excluding ortho intramolecular Hbond substituents is 1. The van der Waals surface area contributed by atoms with Crippen LogP contribution in [0.25, 0.3) is 11.3 Å². The van der Waals surface area contributed by atoms with E-state index in [1.807, 2.05) is 30.3 Å². The van der Waals surface area contributed by atoms with E-state index in [2.05, 4.69) is 30.7 Å². The van der Waals surface area contributed by atoms with Gasteiger partial charge in [0.2, 0.25) is 11.3 Å². The number of aromatic hydroxyl groups is 1. The van der Waals surface area contributed by atoms with Gasteiger partial charge in [-0.3, -0.25) is 0 Å². The number of rotatable bonds is 5. The third-order valence-corrected chi connectivity index (χ3v) is 3.91. The van der Waals surface area contributed by atoms with Gasteiger partial charge in [-0.05, 0) is 40.1 Å². The minimum atomic E-state index is 0.139. The Hall–Kier alpha value is -4.01. The van der Waals surface area contributed by atoms with E-state index in [1.54, 1.807) is 24.3 Å². The lowest BCUT2D eigenvalue weighted by molar-refractivity contribution is 0.314. The molecule has 4 aromatic rings. The Morgan fingerprint density at radius 1 is 1.00 bits per heavy atom. The molecule has 0 saturated carbocycles. The van der Waals surface area contributed by atoms with Crippen LogP contribution in [0.15, 0.2) is 64.3 Å². The Morgan fingerprint density at radius 3 is 2.41 bits per heavy atom. The minimum Gasteiger partial charge on any atom is -0.508 e. The highest BCUT2D eigenvalue weighted by atomic mass is 16.6. The van der Waals surface area contributed by atoms with Gasteiger partial charge in [0.05, 0.1) is 0 Å². The standard InChI is InChI=1S/C18H15N7O2/c19-23-14(12-6-8-13(26)9-7-12)15-16(20-10-11-4-2-1-3-5-11)22-18-17(21-15)24-27-25-18/h1-9,26H,10,19H2,(H,20,22,25). The van der Waals surface area contributed by atoms with Gasteiger partial charge in [0.15, 0.2) is 5.82 Å². The van der Waals surface area contributed by atoms with E-state index in [1.165, 1.54) is 0 Å². The van der Waals surface area contributed by atoms with E-state index >= 15 is 0 Å². The number of hydrogen-bond acceptors (Lipinski definition) is 9. The molecule has 9 heteroatoms. The lowest BCUT2D eigenvalue weighted by atomic mass is 10.1. The van der Waals surface area contributed by atoms with Gasteiger partial charge in [0.25, 0.3) is 0 Å². The van der Waals surface area contributed by atoms with Crippen LogP contribution in [0, 0.1) is 0 Å². The Balaban J connectivity index is 1.76. The summed E-state index contributed by atoms with van der Waals surface area (Å²) in [5.41, 5.74) is 3.06. The van der Waals surface area contributed by atoms with Crippen LogP contribution in [0.4, 0.5) is 5.82 Å². The summed E-state index contributed by atoms with van der Waals surface area (Å²) in [7, 11) is 0. The van der Waals surface area contributed by atoms with Gasteiger partial charge in [-0.1, -0.05) is 30.3 Å². The van der Waals surface area contributed by atoms with Crippen molar-refractivity contribution in [3.63, 3.8) is 0 Å². The molecule has 0 radical (unpaired) electrons. The van der Waals surface area contributed by atoms with Crippen molar-refractivity contribution in [2.45, 2.75) is 6.54 Å². The highest BCUT2D eigenvalue weighted by Crippen LogP contribution is 2.21. The van der Waals surface area contributed by atoms with Crippen LogP contribution in [0.5, 0.6) is 5.75 Å². The molecule has 0 aliphatic carbocycles. The Labute approximate surface area is 153 Å². The zero-order chi connectivity index (χ0) is 18.6. The van der Waals surface area contributed by atoms with Crippen LogP contribution in [-0.2, 0) is 6.54 Å². The molecule has 27 heavy (non-hydrogen) atoms. The van der Waals surface area contributed by atoms with Crippen LogP contribution < -0.4 is 11.2 Å². The van der Waals surface area contributed by atoms with Gasteiger partial charge >= 0.3 is 0 Å². The average Bonchev–Trinajstić information content (AvgIpc) is 3.16. The SMILES string of the molecule is NN=C(c1ccc(O)cc1)c1nc2nonc2nc1NCc1ccccc1. The number of nitrogens with zero attached hydrogens (tertiary/aromatic N) is 5. The molecule has 0 atom stereocenters. The van der Waals surface area contributed by atoms with Gasteiger partial charge in [-0.25, -0.2) is 14.6 Å². The topological polar surface area (TPSA) is 135 Å². The molecule has 0 aliphatic rings. The fourth-order valence-corrected chi connectivity index (χ4v) is 2.60. The molecular weight excluding hydrogens is 346 g/mol. The summed E-state index contributed by atoms with van der Waals surface area (Å²) in [6.07, 6.45) is 0. The van der Waals surface area contributed by atoms with Gasteiger partial charge in [0.1, 0.15) is 17.2 Å². The molecule has 4 N–H and O–H groups in total. The van der Waals surface area contributed by atoms with Crippen molar-refractivity contribution in [1.82, 2.24) is 20.3 Å². The number of aromatic nitrogens is 4. The molecule has 0 aliphatic heterocycles. The molecule has 0 spiro atoms. The lowest BCUT2D eigenvalue weighted by Crippen LogP contribution is -2.14. The Bertz CT molecular complexity index is 1090. The smallest absolute Gasteiger partial charge is 0.245 e. The maximum atomic E-state index is 9.52. The zero-order valence-electron chi connectivity index (χ0n) is 14.1. The zero-order valence-corrected chi connectivity index (χ0v) is 14.1. The minimum absolute atomic E-state index is 0.139. The molecule has 9 nitrogen and oxygen atoms in total. The molecule has 0 saturated heterocycles. The van der Waals surface area contributed by atoms with Crippen molar-refractivity contribution in [1.29, 1.82) is 0 Å². The highest BCUT2D eigenvalue weighted by Gasteiger charge is 2.19. The van der Waals surface area contributed by atoms with Crippen LogP contribution >= 0.6 is 0 Å². The molecule has 0 fully saturated rings. The predicted molar refractivity (Wildman–Crippen MR) is 99.1 cm³/mol. The molecule has 0 amide bonds. The van der Waals surface area contributed by atoms with Crippen LogP contribution in [0.1, 0.15) is 16.8 Å². The number of phenols is 1. The number of hydrazone groups is 1. The number of fused-ring (bicyclic) bond motifs is 1. The summed E-state index contributed by atoms with van der Waals surface area (Å²) in [6.45, 7) is 0.521. The average molecular weight is 361 g/mol. The van der Waals surface area contributed by atoms with Crippen LogP contribution in [0.3, 0.4) is 0 Å². The normalized spacial score (nSPS) is 11.6. The summed E-state index contributed by atoms with van der Waals surface area (Å²) in [5, 5.41) is 24.1. The number of nitrogens with two attached hydrogens (primary N) is 1. The lowest BCUT2D eigenvalue weighted by Gasteiger charge is -2.12. The predicted octanol–water partition coefficient (Wildman–Crippen LogP) is 2.04. The van der Waals surface area contributed by atoms with Crippen LogP contribution in [-0.4, -0.2) is 31.1 Å². The largest absolute Gasteiger partial charge is 0.508 e. The second-order valence-electron chi connectivity index (χ2n) is 5.70. The second kappa shape index (κ2) is 7.08. The number of benzene rings is 2.